The third kappa shape index (κ3) is 3.40. The predicted molar refractivity (Wildman–Crippen MR) is 170 cm³/mol. The van der Waals surface area contributed by atoms with Gasteiger partial charge in [-0.15, -0.1) is 0 Å². The zero-order chi connectivity index (χ0) is 28.2. The van der Waals surface area contributed by atoms with Crippen LogP contribution in [0.25, 0.3) is 66.1 Å². The first kappa shape index (κ1) is 23.8. The average Bonchev–Trinajstić information content (AvgIpc) is 3.57. The Morgan fingerprint density at radius 3 is 1.43 bits per heavy atom. The van der Waals surface area contributed by atoms with Crippen LogP contribution in [0.5, 0.6) is 0 Å². The zero-order valence-corrected chi connectivity index (χ0v) is 22.5. The number of nitriles is 2. The second kappa shape index (κ2) is 9.24. The van der Waals surface area contributed by atoms with Crippen LogP contribution in [0.3, 0.4) is 0 Å². The minimum Gasteiger partial charge on any atom is -0.309 e. The Kier molecular flexibility index (Phi) is 5.22. The van der Waals surface area contributed by atoms with E-state index in [-0.39, 0.29) is 0 Å². The number of para-hydroxylation sites is 4. The second-order valence-corrected chi connectivity index (χ2v) is 10.4. The number of rotatable bonds is 3. The van der Waals surface area contributed by atoms with Crippen LogP contribution in [0.1, 0.15) is 11.1 Å². The molecule has 0 aliphatic rings. The van der Waals surface area contributed by atoms with Gasteiger partial charge in [0.05, 0.1) is 51.0 Å². The molecule has 4 heteroatoms. The summed E-state index contributed by atoms with van der Waals surface area (Å²) in [6, 6.07) is 50.0. The van der Waals surface area contributed by atoms with Gasteiger partial charge >= 0.3 is 0 Å². The summed E-state index contributed by atoms with van der Waals surface area (Å²) in [5, 5.41) is 25.0. The molecule has 2 aromatic heterocycles. The summed E-state index contributed by atoms with van der Waals surface area (Å²) in [6.07, 6.45) is 0. The van der Waals surface area contributed by atoms with Crippen LogP contribution >= 0.6 is 0 Å². The number of hydrogen-bond acceptors (Lipinski definition) is 2. The Bertz CT molecular complexity index is 2340. The van der Waals surface area contributed by atoms with Crippen LogP contribution in [0.2, 0.25) is 0 Å². The van der Waals surface area contributed by atoms with Crippen LogP contribution in [0, 0.1) is 22.7 Å². The lowest BCUT2D eigenvalue weighted by atomic mass is 9.96. The predicted octanol–water partition coefficient (Wildman–Crippen LogP) is 9.29. The van der Waals surface area contributed by atoms with Gasteiger partial charge in [-0.05, 0) is 54.6 Å². The van der Waals surface area contributed by atoms with Crippen molar-refractivity contribution in [3.05, 3.63) is 145 Å². The van der Waals surface area contributed by atoms with E-state index in [2.05, 4.69) is 100 Å². The van der Waals surface area contributed by atoms with Gasteiger partial charge in [0.15, 0.2) is 0 Å². The van der Waals surface area contributed by atoms with Crippen LogP contribution in [-0.4, -0.2) is 9.13 Å². The SMILES string of the molecule is N#Cc1ccc(-n2c3ccccc3c3ccccc32)c(-c2ccc(-n3c4ccccc4c4ccccc43)cc2C#N)c1. The van der Waals surface area contributed by atoms with Crippen molar-refractivity contribution in [3.8, 4) is 34.6 Å². The first-order valence-electron chi connectivity index (χ1n) is 13.8. The summed E-state index contributed by atoms with van der Waals surface area (Å²) in [7, 11) is 0. The van der Waals surface area contributed by atoms with Gasteiger partial charge < -0.3 is 9.13 Å². The number of fused-ring (bicyclic) bond motifs is 6. The molecule has 0 bridgehead atoms. The molecule has 0 fully saturated rings. The van der Waals surface area contributed by atoms with Crippen LogP contribution in [0.4, 0.5) is 0 Å². The largest absolute Gasteiger partial charge is 0.309 e. The Hall–Kier alpha value is -6.10. The first-order valence-corrected chi connectivity index (χ1v) is 13.8. The molecule has 0 N–H and O–H groups in total. The lowest BCUT2D eigenvalue weighted by molar-refractivity contribution is 1.17. The maximum atomic E-state index is 10.5. The van der Waals surface area contributed by atoms with E-state index in [1.165, 1.54) is 10.8 Å². The summed E-state index contributed by atoms with van der Waals surface area (Å²) in [6.45, 7) is 0. The number of hydrogen-bond donors (Lipinski definition) is 0. The van der Waals surface area contributed by atoms with E-state index < -0.39 is 0 Å². The fourth-order valence-corrected chi connectivity index (χ4v) is 6.40. The van der Waals surface area contributed by atoms with E-state index in [1.54, 1.807) is 0 Å². The summed E-state index contributed by atoms with van der Waals surface area (Å²) in [5.74, 6) is 0. The fraction of sp³-hybridized carbons (Fsp3) is 0. The summed E-state index contributed by atoms with van der Waals surface area (Å²) >= 11 is 0. The molecular weight excluding hydrogens is 512 g/mol. The third-order valence-corrected chi connectivity index (χ3v) is 8.20. The molecular formula is C38H22N4. The van der Waals surface area contributed by atoms with Gasteiger partial charge in [-0.25, -0.2) is 0 Å². The Morgan fingerprint density at radius 1 is 0.429 bits per heavy atom. The lowest BCUT2D eigenvalue weighted by Crippen LogP contribution is -2.00. The van der Waals surface area contributed by atoms with Crippen molar-refractivity contribution in [2.45, 2.75) is 0 Å². The smallest absolute Gasteiger partial charge is 0.0998 e. The molecule has 0 saturated heterocycles. The maximum absolute atomic E-state index is 10.5. The van der Waals surface area contributed by atoms with Gasteiger partial charge in [0, 0.05) is 38.4 Å². The lowest BCUT2D eigenvalue weighted by Gasteiger charge is -2.16. The molecule has 4 nitrogen and oxygen atoms in total. The Balaban J connectivity index is 1.40. The first-order chi connectivity index (χ1) is 20.8. The average molecular weight is 535 g/mol. The fourth-order valence-electron chi connectivity index (χ4n) is 6.40. The van der Waals surface area contributed by atoms with Gasteiger partial charge in [-0.3, -0.25) is 0 Å². The van der Waals surface area contributed by atoms with E-state index in [0.29, 0.717) is 11.1 Å². The topological polar surface area (TPSA) is 57.4 Å². The van der Waals surface area contributed by atoms with Gasteiger partial charge in [0.25, 0.3) is 0 Å². The number of benzene rings is 6. The standard InChI is InChI=1S/C38H22N4/c39-23-25-17-20-38(42-36-15-7-3-11-31(36)32-12-4-8-16-37(32)42)33(21-25)28-19-18-27(22-26(28)24-40)41-34-13-5-1-9-29(34)30-10-2-6-14-35(30)41/h1-22H. The van der Waals surface area contributed by atoms with Gasteiger partial charge in [-0.2, -0.15) is 10.5 Å². The molecule has 0 radical (unpaired) electrons. The van der Waals surface area contributed by atoms with Crippen molar-refractivity contribution in [2.75, 3.05) is 0 Å². The zero-order valence-electron chi connectivity index (χ0n) is 22.5. The molecule has 0 spiro atoms. The molecule has 0 aliphatic carbocycles. The van der Waals surface area contributed by atoms with Gasteiger partial charge in [0.2, 0.25) is 0 Å². The highest BCUT2D eigenvalue weighted by Gasteiger charge is 2.19. The molecule has 0 unspecified atom stereocenters. The van der Waals surface area contributed by atoms with E-state index >= 15 is 0 Å². The molecule has 0 atom stereocenters. The molecule has 42 heavy (non-hydrogen) atoms. The minimum atomic E-state index is 0.546. The Morgan fingerprint density at radius 2 is 0.929 bits per heavy atom. The highest BCUT2D eigenvalue weighted by Crippen LogP contribution is 2.39. The van der Waals surface area contributed by atoms with Crippen molar-refractivity contribution in [2.24, 2.45) is 0 Å². The van der Waals surface area contributed by atoms with Crippen molar-refractivity contribution in [1.29, 1.82) is 10.5 Å². The highest BCUT2D eigenvalue weighted by molar-refractivity contribution is 6.10. The van der Waals surface area contributed by atoms with Crippen LogP contribution in [0.15, 0.2) is 133 Å². The Labute approximate surface area is 242 Å². The van der Waals surface area contributed by atoms with E-state index in [4.69, 9.17) is 0 Å². The normalized spacial score (nSPS) is 11.3. The molecule has 8 rings (SSSR count). The molecule has 0 amide bonds. The second-order valence-electron chi connectivity index (χ2n) is 10.4. The molecule has 6 aromatic carbocycles. The summed E-state index contributed by atoms with van der Waals surface area (Å²) in [5.41, 5.74) is 8.89. The molecule has 194 valence electrons. The quantitative estimate of drug-likeness (QED) is 0.227. The minimum absolute atomic E-state index is 0.546. The number of nitrogens with zero attached hydrogens (tertiary/aromatic N) is 4. The monoisotopic (exact) mass is 534 g/mol. The molecule has 2 heterocycles. The molecule has 0 aliphatic heterocycles. The van der Waals surface area contributed by atoms with E-state index in [9.17, 15) is 10.5 Å². The summed E-state index contributed by atoms with van der Waals surface area (Å²) in [4.78, 5) is 0. The van der Waals surface area contributed by atoms with Crippen molar-refractivity contribution in [1.82, 2.24) is 9.13 Å². The van der Waals surface area contributed by atoms with Crippen LogP contribution in [-0.2, 0) is 0 Å². The highest BCUT2D eigenvalue weighted by atomic mass is 15.0. The molecule has 0 saturated carbocycles. The maximum Gasteiger partial charge on any atom is 0.0998 e. The van der Waals surface area contributed by atoms with Gasteiger partial charge in [-0.1, -0.05) is 78.9 Å². The van der Waals surface area contributed by atoms with Crippen LogP contribution < -0.4 is 0 Å². The summed E-state index contributed by atoms with van der Waals surface area (Å²) < 4.78 is 4.46. The molecule has 8 aromatic rings. The van der Waals surface area contributed by atoms with Crippen molar-refractivity contribution < 1.29 is 0 Å². The van der Waals surface area contributed by atoms with Crippen molar-refractivity contribution in [3.63, 3.8) is 0 Å². The third-order valence-electron chi connectivity index (χ3n) is 8.20. The van der Waals surface area contributed by atoms with Gasteiger partial charge in [0.1, 0.15) is 0 Å². The van der Waals surface area contributed by atoms with E-state index in [0.717, 1.165) is 55.3 Å². The van der Waals surface area contributed by atoms with Crippen molar-refractivity contribution >= 4 is 43.6 Å². The number of aromatic nitrogens is 2. The van der Waals surface area contributed by atoms with E-state index in [1.807, 2.05) is 54.6 Å².